The molecule has 0 aliphatic carbocycles. The first-order chi connectivity index (χ1) is 4.72. The van der Waals surface area contributed by atoms with Crippen LogP contribution in [0, 0.1) is 0 Å². The van der Waals surface area contributed by atoms with Gasteiger partial charge in [0.05, 0.1) is 0 Å². The van der Waals surface area contributed by atoms with Gasteiger partial charge in [-0.1, -0.05) is 0 Å². The van der Waals surface area contributed by atoms with Gasteiger partial charge in [0.15, 0.2) is 0 Å². The molecule has 1 heterocycles. The van der Waals surface area contributed by atoms with Crippen molar-refractivity contribution in [1.82, 2.24) is 5.32 Å². The minimum atomic E-state index is -0.917. The second-order valence-electron chi connectivity index (χ2n) is 2.57. The molecule has 1 rings (SSSR count). The fourth-order valence-electron chi connectivity index (χ4n) is 1.19. The van der Waals surface area contributed by atoms with Crippen molar-refractivity contribution in [2.45, 2.75) is 24.9 Å². The van der Waals surface area contributed by atoms with Crippen molar-refractivity contribution in [3.63, 3.8) is 0 Å². The molecule has 10 heavy (non-hydrogen) atoms. The van der Waals surface area contributed by atoms with Crippen LogP contribution in [0.4, 0.5) is 0 Å². The first kappa shape index (κ1) is 7.50. The smallest absolute Gasteiger partial charge is 0.322 e. The zero-order chi connectivity index (χ0) is 7.56. The molecule has 4 nitrogen and oxygen atoms in total. The summed E-state index contributed by atoms with van der Waals surface area (Å²) in [5.41, 5.74) is 5.36. The maximum absolute atomic E-state index is 10.3. The Labute approximate surface area is 59.4 Å². The first-order valence-corrected chi connectivity index (χ1v) is 3.43. The average Bonchev–Trinajstić information content (AvgIpc) is 2.36. The molecule has 0 spiro atoms. The number of aliphatic carboxylic acids is 1. The van der Waals surface area contributed by atoms with Gasteiger partial charge in [-0.05, 0) is 19.4 Å². The fourth-order valence-corrected chi connectivity index (χ4v) is 1.19. The summed E-state index contributed by atoms with van der Waals surface area (Å²) in [5.74, 6) is -0.917. The van der Waals surface area contributed by atoms with E-state index in [0.29, 0.717) is 0 Å². The van der Waals surface area contributed by atoms with Crippen LogP contribution >= 0.6 is 0 Å². The van der Waals surface area contributed by atoms with Gasteiger partial charge in [-0.15, -0.1) is 0 Å². The molecule has 0 aromatic heterocycles. The molecule has 0 saturated carbocycles. The highest BCUT2D eigenvalue weighted by atomic mass is 16.4. The van der Waals surface area contributed by atoms with E-state index >= 15 is 0 Å². The quantitative estimate of drug-likeness (QED) is 0.472. The number of nitrogens with two attached hydrogens (primary N) is 1. The molecule has 0 bridgehead atoms. The van der Waals surface area contributed by atoms with Gasteiger partial charge >= 0.3 is 5.97 Å². The Bertz CT molecular complexity index is 132. The molecule has 4 N–H and O–H groups in total. The summed E-state index contributed by atoms with van der Waals surface area (Å²) in [6.45, 7) is 0.894. The lowest BCUT2D eigenvalue weighted by Crippen LogP contribution is -2.46. The Morgan fingerprint density at radius 1 is 1.80 bits per heavy atom. The van der Waals surface area contributed by atoms with Gasteiger partial charge in [0.1, 0.15) is 6.04 Å². The lowest BCUT2D eigenvalue weighted by Gasteiger charge is -2.13. The fraction of sp³-hybridized carbons (Fsp3) is 0.833. The summed E-state index contributed by atoms with van der Waals surface area (Å²) in [5, 5.41) is 11.5. The maximum atomic E-state index is 10.3. The molecule has 1 aliphatic rings. The maximum Gasteiger partial charge on any atom is 0.322 e. The number of hydrogen-bond donors (Lipinski definition) is 3. The predicted octanol–water partition coefficient (Wildman–Crippen LogP) is -0.850. The third-order valence-corrected chi connectivity index (χ3v) is 1.82. The third-order valence-electron chi connectivity index (χ3n) is 1.82. The summed E-state index contributed by atoms with van der Waals surface area (Å²) >= 11 is 0. The first-order valence-electron chi connectivity index (χ1n) is 3.43. The lowest BCUT2D eigenvalue weighted by atomic mass is 10.1. The van der Waals surface area contributed by atoms with Crippen LogP contribution in [-0.4, -0.2) is 29.7 Å². The number of carboxylic acid groups (broad SMARTS) is 1. The van der Waals surface area contributed by atoms with E-state index in [-0.39, 0.29) is 6.04 Å². The molecule has 0 amide bonds. The van der Waals surface area contributed by atoms with Crippen molar-refractivity contribution in [1.29, 1.82) is 0 Å². The van der Waals surface area contributed by atoms with Crippen molar-refractivity contribution in [3.05, 3.63) is 0 Å². The van der Waals surface area contributed by atoms with E-state index in [1.807, 2.05) is 0 Å². The Hall–Kier alpha value is -0.610. The van der Waals surface area contributed by atoms with Gasteiger partial charge in [-0.3, -0.25) is 4.79 Å². The van der Waals surface area contributed by atoms with Gasteiger partial charge < -0.3 is 16.2 Å². The van der Waals surface area contributed by atoms with Crippen LogP contribution in [0.1, 0.15) is 12.8 Å². The molecule has 4 heteroatoms. The van der Waals surface area contributed by atoms with Crippen molar-refractivity contribution in [2.75, 3.05) is 6.54 Å². The third kappa shape index (κ3) is 1.46. The van der Waals surface area contributed by atoms with E-state index in [1.54, 1.807) is 0 Å². The summed E-state index contributed by atoms with van der Waals surface area (Å²) in [6.07, 6.45) is 1.92. The molecule has 0 unspecified atom stereocenters. The Balaban J connectivity index is 2.39. The highest BCUT2D eigenvalue weighted by Crippen LogP contribution is 2.07. The van der Waals surface area contributed by atoms with Gasteiger partial charge in [0.2, 0.25) is 0 Å². The number of carbonyl (C=O) groups is 1. The summed E-state index contributed by atoms with van der Waals surface area (Å²) in [6, 6.07) is -0.750. The van der Waals surface area contributed by atoms with Crippen LogP contribution in [0.25, 0.3) is 0 Å². The highest BCUT2D eigenvalue weighted by Gasteiger charge is 2.26. The van der Waals surface area contributed by atoms with E-state index in [4.69, 9.17) is 10.8 Å². The SMILES string of the molecule is N[C@@H](C(=O)O)[C@H]1CCCN1. The summed E-state index contributed by atoms with van der Waals surface area (Å²) in [7, 11) is 0. The van der Waals surface area contributed by atoms with E-state index in [1.165, 1.54) is 0 Å². The molecule has 58 valence electrons. The van der Waals surface area contributed by atoms with Crippen LogP contribution in [0.5, 0.6) is 0 Å². The second-order valence-corrected chi connectivity index (χ2v) is 2.57. The Kier molecular flexibility index (Phi) is 2.24. The average molecular weight is 144 g/mol. The van der Waals surface area contributed by atoms with E-state index in [2.05, 4.69) is 5.32 Å². The Morgan fingerprint density at radius 2 is 2.50 bits per heavy atom. The number of carboxylic acids is 1. The molecule has 0 aromatic carbocycles. The van der Waals surface area contributed by atoms with E-state index < -0.39 is 12.0 Å². The normalized spacial score (nSPS) is 28.3. The topological polar surface area (TPSA) is 75.4 Å². The molecule has 0 aromatic rings. The number of hydrogen-bond acceptors (Lipinski definition) is 3. The van der Waals surface area contributed by atoms with Gasteiger partial charge in [0, 0.05) is 6.04 Å². The van der Waals surface area contributed by atoms with Gasteiger partial charge in [-0.2, -0.15) is 0 Å². The van der Waals surface area contributed by atoms with Crippen LogP contribution in [0.3, 0.4) is 0 Å². The molecule has 0 radical (unpaired) electrons. The predicted molar refractivity (Wildman–Crippen MR) is 36.6 cm³/mol. The van der Waals surface area contributed by atoms with Gasteiger partial charge in [-0.25, -0.2) is 0 Å². The van der Waals surface area contributed by atoms with Crippen LogP contribution in [0.2, 0.25) is 0 Å². The minimum Gasteiger partial charge on any atom is -0.480 e. The standard InChI is InChI=1S/C6H12N2O2/c7-5(6(9)10)4-2-1-3-8-4/h4-5,8H,1-3,7H2,(H,9,10)/t4-,5-/m1/s1. The summed E-state index contributed by atoms with van der Waals surface area (Å²) < 4.78 is 0. The molecule has 1 saturated heterocycles. The zero-order valence-corrected chi connectivity index (χ0v) is 5.71. The Morgan fingerprint density at radius 3 is 2.90 bits per heavy atom. The summed E-state index contributed by atoms with van der Waals surface area (Å²) in [4.78, 5) is 10.3. The van der Waals surface area contributed by atoms with Crippen molar-refractivity contribution in [2.24, 2.45) is 5.73 Å². The number of nitrogens with one attached hydrogen (secondary N) is 1. The monoisotopic (exact) mass is 144 g/mol. The zero-order valence-electron chi connectivity index (χ0n) is 5.71. The van der Waals surface area contributed by atoms with Crippen LogP contribution < -0.4 is 11.1 Å². The van der Waals surface area contributed by atoms with Crippen molar-refractivity contribution < 1.29 is 9.90 Å². The lowest BCUT2D eigenvalue weighted by molar-refractivity contribution is -0.139. The minimum absolute atomic E-state index is 0.0162. The molecule has 1 fully saturated rings. The van der Waals surface area contributed by atoms with Crippen LogP contribution in [0.15, 0.2) is 0 Å². The van der Waals surface area contributed by atoms with Crippen molar-refractivity contribution in [3.8, 4) is 0 Å². The van der Waals surface area contributed by atoms with Crippen molar-refractivity contribution >= 4 is 5.97 Å². The van der Waals surface area contributed by atoms with Crippen LogP contribution in [-0.2, 0) is 4.79 Å². The van der Waals surface area contributed by atoms with E-state index in [0.717, 1.165) is 19.4 Å². The second kappa shape index (κ2) is 2.98. The largest absolute Gasteiger partial charge is 0.480 e. The van der Waals surface area contributed by atoms with Gasteiger partial charge in [0.25, 0.3) is 0 Å². The molecular formula is C6H12N2O2. The highest BCUT2D eigenvalue weighted by molar-refractivity contribution is 5.74. The van der Waals surface area contributed by atoms with E-state index in [9.17, 15) is 4.79 Å². The molecule has 2 atom stereocenters. The molecular weight excluding hydrogens is 132 g/mol. The number of rotatable bonds is 2. The molecule has 1 aliphatic heterocycles.